The lowest BCUT2D eigenvalue weighted by Gasteiger charge is -2.23. The summed E-state index contributed by atoms with van der Waals surface area (Å²) in [5, 5.41) is 0. The summed E-state index contributed by atoms with van der Waals surface area (Å²) in [6.45, 7) is 5.92. The molecule has 0 spiro atoms. The Morgan fingerprint density at radius 3 is 2.74 bits per heavy atom. The Kier molecular flexibility index (Phi) is 5.89. The van der Waals surface area contributed by atoms with Gasteiger partial charge in [-0.1, -0.05) is 12.1 Å². The molecule has 23 heavy (non-hydrogen) atoms. The zero-order chi connectivity index (χ0) is 17.0. The molecule has 0 unspecified atom stereocenters. The van der Waals surface area contributed by atoms with Crippen LogP contribution in [0.3, 0.4) is 0 Å². The summed E-state index contributed by atoms with van der Waals surface area (Å²) >= 11 is 0. The summed E-state index contributed by atoms with van der Waals surface area (Å²) in [7, 11) is -0.133. The van der Waals surface area contributed by atoms with Crippen molar-refractivity contribution in [2.75, 3.05) is 38.7 Å². The summed E-state index contributed by atoms with van der Waals surface area (Å²) < 4.78 is 33.8. The molecule has 1 aromatic rings. The van der Waals surface area contributed by atoms with E-state index < -0.39 is 10.2 Å². The average molecular weight is 341 g/mol. The standard InChI is InChI=1S/C16H27N3O3S/c1-13(2)18(3)23(20,21)17-11-14-9-10-19(12-14)15-7-5-6-8-16(15)22-4/h5-8,13-14,17H,9-12H2,1-4H3/t14-/m1/s1. The molecular weight excluding hydrogens is 314 g/mol. The predicted molar refractivity (Wildman–Crippen MR) is 93.1 cm³/mol. The van der Waals surface area contributed by atoms with Crippen molar-refractivity contribution in [2.45, 2.75) is 26.3 Å². The molecule has 1 atom stereocenters. The van der Waals surface area contributed by atoms with Crippen LogP contribution in [0.5, 0.6) is 5.75 Å². The molecule has 1 aliphatic heterocycles. The molecule has 0 aromatic heterocycles. The molecule has 1 N–H and O–H groups in total. The molecule has 0 radical (unpaired) electrons. The molecule has 2 rings (SSSR count). The van der Waals surface area contributed by atoms with Crippen molar-refractivity contribution in [3.8, 4) is 5.75 Å². The second-order valence-electron chi connectivity index (χ2n) is 6.24. The Morgan fingerprint density at radius 1 is 1.39 bits per heavy atom. The second kappa shape index (κ2) is 7.51. The van der Waals surface area contributed by atoms with Crippen molar-refractivity contribution in [2.24, 2.45) is 5.92 Å². The highest BCUT2D eigenvalue weighted by atomic mass is 32.2. The summed E-state index contributed by atoms with van der Waals surface area (Å²) in [6.07, 6.45) is 0.964. The Balaban J connectivity index is 1.94. The van der Waals surface area contributed by atoms with Gasteiger partial charge in [-0.3, -0.25) is 0 Å². The van der Waals surface area contributed by atoms with Gasteiger partial charge in [-0.25, -0.2) is 4.72 Å². The SMILES string of the molecule is COc1ccccc1N1CC[C@H](CNS(=O)(=O)N(C)C(C)C)C1. The monoisotopic (exact) mass is 341 g/mol. The number of hydrogen-bond acceptors (Lipinski definition) is 4. The lowest BCUT2D eigenvalue weighted by atomic mass is 10.1. The smallest absolute Gasteiger partial charge is 0.279 e. The fourth-order valence-electron chi connectivity index (χ4n) is 2.71. The zero-order valence-electron chi connectivity index (χ0n) is 14.3. The van der Waals surface area contributed by atoms with Crippen LogP contribution in [0.2, 0.25) is 0 Å². The summed E-state index contributed by atoms with van der Waals surface area (Å²) in [5.74, 6) is 1.16. The fraction of sp³-hybridized carbons (Fsp3) is 0.625. The number of nitrogens with zero attached hydrogens (tertiary/aromatic N) is 2. The number of hydrogen-bond donors (Lipinski definition) is 1. The Morgan fingerprint density at radius 2 is 2.09 bits per heavy atom. The third kappa shape index (κ3) is 4.37. The maximum absolute atomic E-state index is 12.2. The Hall–Kier alpha value is -1.31. The van der Waals surface area contributed by atoms with Gasteiger partial charge < -0.3 is 9.64 Å². The number of anilines is 1. The quantitative estimate of drug-likeness (QED) is 0.820. The van der Waals surface area contributed by atoms with E-state index in [-0.39, 0.29) is 6.04 Å². The van der Waals surface area contributed by atoms with Crippen molar-refractivity contribution < 1.29 is 13.2 Å². The normalized spacial score (nSPS) is 18.9. The zero-order valence-corrected chi connectivity index (χ0v) is 15.1. The predicted octanol–water partition coefficient (Wildman–Crippen LogP) is 1.70. The van der Waals surface area contributed by atoms with Crippen molar-refractivity contribution in [3.63, 3.8) is 0 Å². The molecule has 0 saturated carbocycles. The van der Waals surface area contributed by atoms with Crippen molar-refractivity contribution >= 4 is 15.9 Å². The number of para-hydroxylation sites is 2. The summed E-state index contributed by atoms with van der Waals surface area (Å²) in [5.41, 5.74) is 1.07. The molecule has 1 fully saturated rings. The topological polar surface area (TPSA) is 61.9 Å². The van der Waals surface area contributed by atoms with E-state index in [0.717, 1.165) is 30.9 Å². The maximum atomic E-state index is 12.2. The highest BCUT2D eigenvalue weighted by Gasteiger charge is 2.27. The van der Waals surface area contributed by atoms with Crippen LogP contribution in [0.25, 0.3) is 0 Å². The number of benzene rings is 1. The minimum atomic E-state index is -3.40. The Labute approximate surface area is 139 Å². The first-order chi connectivity index (χ1) is 10.8. The lowest BCUT2D eigenvalue weighted by molar-refractivity contribution is 0.398. The lowest BCUT2D eigenvalue weighted by Crippen LogP contribution is -2.43. The maximum Gasteiger partial charge on any atom is 0.279 e. The van der Waals surface area contributed by atoms with Crippen molar-refractivity contribution in [1.82, 2.24) is 9.03 Å². The van der Waals surface area contributed by atoms with Gasteiger partial charge in [0.1, 0.15) is 5.75 Å². The number of rotatable bonds is 7. The van der Waals surface area contributed by atoms with Gasteiger partial charge in [-0.05, 0) is 38.3 Å². The van der Waals surface area contributed by atoms with Crippen LogP contribution in [-0.2, 0) is 10.2 Å². The first-order valence-electron chi connectivity index (χ1n) is 7.95. The van der Waals surface area contributed by atoms with Crippen LogP contribution in [0.1, 0.15) is 20.3 Å². The first kappa shape index (κ1) is 18.0. The summed E-state index contributed by atoms with van der Waals surface area (Å²) in [6, 6.07) is 7.87. The van der Waals surface area contributed by atoms with Crippen LogP contribution >= 0.6 is 0 Å². The molecule has 0 amide bonds. The minimum Gasteiger partial charge on any atom is -0.495 e. The molecule has 1 saturated heterocycles. The van der Waals surface area contributed by atoms with E-state index in [0.29, 0.717) is 12.5 Å². The largest absolute Gasteiger partial charge is 0.495 e. The van der Waals surface area contributed by atoms with Gasteiger partial charge in [0.25, 0.3) is 10.2 Å². The number of nitrogens with one attached hydrogen (secondary N) is 1. The van der Waals surface area contributed by atoms with Crippen molar-refractivity contribution in [3.05, 3.63) is 24.3 Å². The van der Waals surface area contributed by atoms with Gasteiger partial charge in [0.05, 0.1) is 12.8 Å². The number of methoxy groups -OCH3 is 1. The third-order valence-corrected chi connectivity index (χ3v) is 6.08. The highest BCUT2D eigenvalue weighted by Crippen LogP contribution is 2.31. The van der Waals surface area contributed by atoms with Crippen molar-refractivity contribution in [1.29, 1.82) is 0 Å². The van der Waals surface area contributed by atoms with Crippen LogP contribution in [-0.4, -0.2) is 52.6 Å². The van der Waals surface area contributed by atoms with Crippen LogP contribution in [0.15, 0.2) is 24.3 Å². The van der Waals surface area contributed by atoms with Gasteiger partial charge in [0, 0.05) is 32.7 Å². The number of ether oxygens (including phenoxy) is 1. The van der Waals surface area contributed by atoms with E-state index in [4.69, 9.17) is 4.74 Å². The third-order valence-electron chi connectivity index (χ3n) is 4.37. The molecular formula is C16H27N3O3S. The first-order valence-corrected chi connectivity index (χ1v) is 9.39. The fourth-order valence-corrected chi connectivity index (χ4v) is 3.92. The second-order valence-corrected chi connectivity index (χ2v) is 8.05. The molecule has 6 nitrogen and oxygen atoms in total. The van der Waals surface area contributed by atoms with Crippen LogP contribution in [0.4, 0.5) is 5.69 Å². The van der Waals surface area contributed by atoms with Gasteiger partial charge in [-0.2, -0.15) is 12.7 Å². The van der Waals surface area contributed by atoms with E-state index >= 15 is 0 Å². The molecule has 0 bridgehead atoms. The molecule has 1 aliphatic rings. The van der Waals surface area contributed by atoms with Crippen LogP contribution in [0, 0.1) is 5.92 Å². The Bertz CT molecular complexity index is 619. The van der Waals surface area contributed by atoms with E-state index in [2.05, 4.69) is 9.62 Å². The van der Waals surface area contributed by atoms with E-state index in [1.807, 2.05) is 38.1 Å². The van der Waals surface area contributed by atoms with Gasteiger partial charge in [-0.15, -0.1) is 0 Å². The molecule has 1 aromatic carbocycles. The summed E-state index contributed by atoms with van der Waals surface area (Å²) in [4.78, 5) is 2.25. The molecule has 7 heteroatoms. The minimum absolute atomic E-state index is 0.0545. The van der Waals surface area contributed by atoms with E-state index in [9.17, 15) is 8.42 Å². The van der Waals surface area contributed by atoms with Crippen LogP contribution < -0.4 is 14.4 Å². The van der Waals surface area contributed by atoms with Gasteiger partial charge in [0.2, 0.25) is 0 Å². The highest BCUT2D eigenvalue weighted by molar-refractivity contribution is 7.87. The molecule has 130 valence electrons. The van der Waals surface area contributed by atoms with Gasteiger partial charge in [0.15, 0.2) is 0 Å². The molecule has 1 heterocycles. The van der Waals surface area contributed by atoms with E-state index in [1.54, 1.807) is 14.2 Å². The van der Waals surface area contributed by atoms with E-state index in [1.165, 1.54) is 4.31 Å². The average Bonchev–Trinajstić information content (AvgIpc) is 3.01. The molecule has 0 aliphatic carbocycles. The van der Waals surface area contributed by atoms with Gasteiger partial charge >= 0.3 is 0 Å².